The van der Waals surface area contributed by atoms with Crippen molar-refractivity contribution in [1.82, 2.24) is 0 Å². The van der Waals surface area contributed by atoms with Gasteiger partial charge in [-0.2, -0.15) is 0 Å². The first kappa shape index (κ1) is 27.9. The lowest BCUT2D eigenvalue weighted by molar-refractivity contribution is 0.0975. The summed E-state index contributed by atoms with van der Waals surface area (Å²) in [4.78, 5) is 27.8. The second kappa shape index (κ2) is 8.98. The van der Waals surface area contributed by atoms with Gasteiger partial charge in [0.05, 0.1) is 18.3 Å². The van der Waals surface area contributed by atoms with Crippen LogP contribution < -0.4 is 8.85 Å². The average Bonchev–Trinajstić information content (AvgIpc) is 2.67. The average molecular weight is 721 g/mol. The molecule has 1 aliphatic carbocycles. The molecule has 2 aromatic carbocycles. The van der Waals surface area contributed by atoms with E-state index in [-0.39, 0.29) is 21.6 Å². The molecule has 0 atom stereocenters. The third-order valence-electron chi connectivity index (χ3n) is 7.49. The second-order valence-corrected chi connectivity index (χ2v) is 23.8. The lowest BCUT2D eigenvalue weighted by atomic mass is 9.83. The van der Waals surface area contributed by atoms with Crippen molar-refractivity contribution >= 4 is 73.4 Å². The van der Waals surface area contributed by atoms with Crippen LogP contribution in [0.15, 0.2) is 24.3 Å². The van der Waals surface area contributed by atoms with Crippen molar-refractivity contribution in [3.63, 3.8) is 0 Å². The Balaban J connectivity index is 2.23. The fraction of sp³-hybridized carbons (Fsp3) is 0.462. The molecule has 8 heteroatoms. The van der Waals surface area contributed by atoms with Gasteiger partial charge in [0.1, 0.15) is 11.5 Å². The first-order valence-electron chi connectivity index (χ1n) is 11.4. The van der Waals surface area contributed by atoms with Gasteiger partial charge in [0, 0.05) is 11.1 Å². The molecule has 0 N–H and O–H groups in total. The normalized spacial score (nSPS) is 14.6. The molecule has 0 spiro atoms. The van der Waals surface area contributed by atoms with Crippen LogP contribution in [-0.4, -0.2) is 28.2 Å². The fourth-order valence-corrected chi connectivity index (χ4v) is 6.82. The molecule has 34 heavy (non-hydrogen) atoms. The van der Waals surface area contributed by atoms with E-state index in [0.29, 0.717) is 33.8 Å². The van der Waals surface area contributed by atoms with E-state index in [4.69, 9.17) is 8.85 Å². The van der Waals surface area contributed by atoms with Gasteiger partial charge < -0.3 is 8.85 Å². The molecule has 4 nitrogen and oxygen atoms in total. The number of carbonyl (C=O) groups excluding carboxylic acids is 2. The summed E-state index contributed by atoms with van der Waals surface area (Å²) < 4.78 is 15.0. The molecule has 0 aromatic heterocycles. The number of benzene rings is 2. The van der Waals surface area contributed by atoms with E-state index in [2.05, 4.69) is 113 Å². The highest BCUT2D eigenvalue weighted by Gasteiger charge is 2.44. The van der Waals surface area contributed by atoms with Crippen molar-refractivity contribution in [1.29, 1.82) is 0 Å². The molecule has 2 aromatic rings. The maximum Gasteiger partial charge on any atom is 0.250 e. The molecule has 0 aliphatic heterocycles. The molecule has 0 bridgehead atoms. The zero-order chi connectivity index (χ0) is 26.0. The molecule has 0 radical (unpaired) electrons. The van der Waals surface area contributed by atoms with Crippen molar-refractivity contribution in [2.24, 2.45) is 0 Å². The Morgan fingerprint density at radius 1 is 0.618 bits per heavy atom. The third kappa shape index (κ3) is 4.80. The molecule has 0 fully saturated rings. The lowest BCUT2D eigenvalue weighted by Crippen LogP contribution is -2.45. The van der Waals surface area contributed by atoms with Crippen molar-refractivity contribution in [3.8, 4) is 11.5 Å². The summed E-state index contributed by atoms with van der Waals surface area (Å²) in [6.07, 6.45) is 0. The molecular weight excluding hydrogens is 686 g/mol. The molecule has 0 saturated carbocycles. The Morgan fingerprint density at radius 2 is 0.912 bits per heavy atom. The van der Waals surface area contributed by atoms with Crippen LogP contribution in [0.4, 0.5) is 0 Å². The summed E-state index contributed by atoms with van der Waals surface area (Å²) in [5, 5.41) is -0.0859. The van der Waals surface area contributed by atoms with Gasteiger partial charge in [-0.3, -0.25) is 9.59 Å². The molecule has 0 saturated heterocycles. The molecule has 3 rings (SSSR count). The number of fused-ring (bicyclic) bond motifs is 2. The molecule has 0 unspecified atom stereocenters. The van der Waals surface area contributed by atoms with E-state index in [0.717, 1.165) is 7.14 Å². The number of halogens is 2. The molecule has 0 heterocycles. The van der Waals surface area contributed by atoms with Gasteiger partial charge in [-0.1, -0.05) is 41.5 Å². The van der Waals surface area contributed by atoms with Gasteiger partial charge in [-0.15, -0.1) is 0 Å². The minimum Gasteiger partial charge on any atom is -0.542 e. The van der Waals surface area contributed by atoms with Crippen LogP contribution in [0, 0.1) is 7.14 Å². The Hall–Kier alpha value is -0.726. The van der Waals surface area contributed by atoms with Crippen molar-refractivity contribution < 1.29 is 18.4 Å². The highest BCUT2D eigenvalue weighted by molar-refractivity contribution is 14.1. The Labute approximate surface area is 233 Å². The standard InChI is InChI=1S/C26H34I2O4Si2/c1-25(2,3)33(7,8)31-23-17(27)13-11-15-19(23)21(29)16-12-14-18(28)24(20(16)22(15)30)32-34(9,10)26(4,5)6/h11-14H,1-10H3. The van der Waals surface area contributed by atoms with Gasteiger partial charge in [0.15, 0.2) is 11.6 Å². The van der Waals surface area contributed by atoms with E-state index in [1.807, 2.05) is 12.1 Å². The van der Waals surface area contributed by atoms with Gasteiger partial charge >= 0.3 is 0 Å². The van der Waals surface area contributed by atoms with Crippen LogP contribution >= 0.6 is 45.2 Å². The summed E-state index contributed by atoms with van der Waals surface area (Å²) in [5.41, 5.74) is 1.56. The number of rotatable bonds is 4. The highest BCUT2D eigenvalue weighted by atomic mass is 127. The van der Waals surface area contributed by atoms with Crippen LogP contribution in [0.2, 0.25) is 36.3 Å². The van der Waals surface area contributed by atoms with Crippen LogP contribution in [-0.2, 0) is 0 Å². The minimum absolute atomic E-state index is 0.0429. The molecular formula is C26H34I2O4Si2. The summed E-state index contributed by atoms with van der Waals surface area (Å²) in [7, 11) is -4.48. The van der Waals surface area contributed by atoms with Gasteiger partial charge in [-0.05, 0) is 106 Å². The predicted molar refractivity (Wildman–Crippen MR) is 161 cm³/mol. The monoisotopic (exact) mass is 720 g/mol. The molecule has 184 valence electrons. The Kier molecular flexibility index (Phi) is 7.36. The Morgan fingerprint density at radius 3 is 1.18 bits per heavy atom. The quantitative estimate of drug-likeness (QED) is 0.201. The van der Waals surface area contributed by atoms with Crippen LogP contribution in [0.5, 0.6) is 11.5 Å². The maximum absolute atomic E-state index is 13.9. The molecule has 1 aliphatic rings. The van der Waals surface area contributed by atoms with E-state index >= 15 is 0 Å². The van der Waals surface area contributed by atoms with Crippen molar-refractivity contribution in [3.05, 3.63) is 53.7 Å². The summed E-state index contributed by atoms with van der Waals surface area (Å²) in [6, 6.07) is 7.27. The third-order valence-corrected chi connectivity index (χ3v) is 17.8. The first-order valence-corrected chi connectivity index (χ1v) is 19.4. The SMILES string of the molecule is CC(C)(C)[Si](C)(C)Oc1c(I)ccc2c1C(=O)c1ccc(I)c(O[Si](C)(C)C(C)(C)C)c1C2=O. The summed E-state index contributed by atoms with van der Waals surface area (Å²) in [5.74, 6) is 0.736. The second-order valence-electron chi connectivity index (χ2n) is 12.0. The summed E-state index contributed by atoms with van der Waals surface area (Å²) in [6.45, 7) is 21.6. The zero-order valence-corrected chi connectivity index (χ0v) is 28.0. The van der Waals surface area contributed by atoms with E-state index in [1.165, 1.54) is 0 Å². The lowest BCUT2D eigenvalue weighted by Gasteiger charge is -2.38. The number of hydrogen-bond acceptors (Lipinski definition) is 4. The van der Waals surface area contributed by atoms with Gasteiger partial charge in [0.2, 0.25) is 0 Å². The highest BCUT2D eigenvalue weighted by Crippen LogP contribution is 2.46. The van der Waals surface area contributed by atoms with Crippen molar-refractivity contribution in [2.75, 3.05) is 0 Å². The van der Waals surface area contributed by atoms with E-state index in [9.17, 15) is 9.59 Å². The number of hydrogen-bond donors (Lipinski definition) is 0. The van der Waals surface area contributed by atoms with E-state index in [1.54, 1.807) is 12.1 Å². The van der Waals surface area contributed by atoms with Crippen LogP contribution in [0.3, 0.4) is 0 Å². The zero-order valence-electron chi connectivity index (χ0n) is 21.7. The molecule has 0 amide bonds. The first-order chi connectivity index (χ1) is 15.3. The smallest absolute Gasteiger partial charge is 0.250 e. The maximum atomic E-state index is 13.9. The minimum atomic E-state index is -2.24. The van der Waals surface area contributed by atoms with Crippen LogP contribution in [0.25, 0.3) is 0 Å². The van der Waals surface area contributed by atoms with Crippen molar-refractivity contribution in [2.45, 2.75) is 77.8 Å². The number of carbonyl (C=O) groups is 2. The Bertz CT molecular complexity index is 1100. The topological polar surface area (TPSA) is 52.6 Å². The van der Waals surface area contributed by atoms with E-state index < -0.39 is 16.6 Å². The van der Waals surface area contributed by atoms with Gasteiger partial charge in [-0.25, -0.2) is 0 Å². The fourth-order valence-electron chi connectivity index (χ4n) is 3.23. The van der Waals surface area contributed by atoms with Crippen LogP contribution in [0.1, 0.15) is 73.4 Å². The number of ketones is 2. The largest absolute Gasteiger partial charge is 0.542 e. The van der Waals surface area contributed by atoms with Gasteiger partial charge in [0.25, 0.3) is 16.6 Å². The summed E-state index contributed by atoms with van der Waals surface area (Å²) >= 11 is 4.41. The predicted octanol–water partition coefficient (Wildman–Crippen LogP) is 8.44.